The third-order valence-electron chi connectivity index (χ3n) is 3.23. The van der Waals surface area contributed by atoms with E-state index in [2.05, 4.69) is 20.9 Å². The Balaban J connectivity index is 2.04. The van der Waals surface area contributed by atoms with Gasteiger partial charge >= 0.3 is 6.09 Å². The fourth-order valence-electron chi connectivity index (χ4n) is 2.33. The highest BCUT2D eigenvalue weighted by Crippen LogP contribution is 2.36. The first kappa shape index (κ1) is 12.9. The zero-order chi connectivity index (χ0) is 14.1. The van der Waals surface area contributed by atoms with Gasteiger partial charge in [0.1, 0.15) is 5.82 Å². The molecule has 1 aliphatic rings. The van der Waals surface area contributed by atoms with Crippen LogP contribution in [0.25, 0.3) is 0 Å². The smallest absolute Gasteiger partial charge is 0.411 e. The van der Waals surface area contributed by atoms with Crippen LogP contribution < -0.4 is 9.80 Å². The maximum absolute atomic E-state index is 11.3. The van der Waals surface area contributed by atoms with Crippen LogP contribution in [-0.2, 0) is 0 Å². The number of aromatic nitrogens is 1. The van der Waals surface area contributed by atoms with Gasteiger partial charge in [0.2, 0.25) is 0 Å². The van der Waals surface area contributed by atoms with Crippen molar-refractivity contribution in [2.75, 3.05) is 22.9 Å². The second-order valence-corrected chi connectivity index (χ2v) is 5.32. The molecule has 102 valence electrons. The molecule has 2 heterocycles. The van der Waals surface area contributed by atoms with Crippen LogP contribution in [0.1, 0.15) is 0 Å². The Morgan fingerprint density at radius 2 is 1.90 bits per heavy atom. The van der Waals surface area contributed by atoms with Gasteiger partial charge in [0.25, 0.3) is 0 Å². The first-order valence-electron chi connectivity index (χ1n) is 6.15. The predicted molar refractivity (Wildman–Crippen MR) is 80.8 cm³/mol. The molecular weight excluding hydrogens is 322 g/mol. The first-order valence-corrected chi connectivity index (χ1v) is 6.95. The SMILES string of the molecule is O=C(O)N1CCN(c2ccc(Br)cn2)c2ccccc21. The van der Waals surface area contributed by atoms with Crippen molar-refractivity contribution < 1.29 is 9.90 Å². The van der Waals surface area contributed by atoms with E-state index in [9.17, 15) is 9.90 Å². The summed E-state index contributed by atoms with van der Waals surface area (Å²) in [5.41, 5.74) is 1.55. The van der Waals surface area contributed by atoms with Crippen molar-refractivity contribution in [1.29, 1.82) is 0 Å². The highest BCUT2D eigenvalue weighted by Gasteiger charge is 2.27. The molecule has 2 aromatic rings. The Morgan fingerprint density at radius 1 is 1.15 bits per heavy atom. The molecule has 1 aromatic carbocycles. The van der Waals surface area contributed by atoms with Gasteiger partial charge in [-0.05, 0) is 40.2 Å². The zero-order valence-corrected chi connectivity index (χ0v) is 12.1. The number of pyridine rings is 1. The number of rotatable bonds is 1. The van der Waals surface area contributed by atoms with Gasteiger partial charge in [-0.3, -0.25) is 4.90 Å². The molecular formula is C14H12BrN3O2. The second-order valence-electron chi connectivity index (χ2n) is 4.41. The molecule has 6 heteroatoms. The summed E-state index contributed by atoms with van der Waals surface area (Å²) in [6.07, 6.45) is 0.808. The van der Waals surface area contributed by atoms with E-state index in [1.807, 2.05) is 41.3 Å². The molecule has 0 spiro atoms. The van der Waals surface area contributed by atoms with Crippen molar-refractivity contribution in [3.05, 3.63) is 47.1 Å². The largest absolute Gasteiger partial charge is 0.465 e. The van der Waals surface area contributed by atoms with Gasteiger partial charge in [0.05, 0.1) is 11.4 Å². The van der Waals surface area contributed by atoms with Gasteiger partial charge in [-0.15, -0.1) is 0 Å². The average Bonchev–Trinajstić information content (AvgIpc) is 2.47. The lowest BCUT2D eigenvalue weighted by Crippen LogP contribution is -2.41. The Morgan fingerprint density at radius 3 is 2.55 bits per heavy atom. The molecule has 0 saturated carbocycles. The summed E-state index contributed by atoms with van der Waals surface area (Å²) in [7, 11) is 0. The normalized spacial score (nSPS) is 14.1. The van der Waals surface area contributed by atoms with E-state index in [4.69, 9.17) is 0 Å². The predicted octanol–water partition coefficient (Wildman–Crippen LogP) is 3.48. The summed E-state index contributed by atoms with van der Waals surface area (Å²) in [5, 5.41) is 9.26. The molecule has 0 saturated heterocycles. The summed E-state index contributed by atoms with van der Waals surface area (Å²) in [4.78, 5) is 19.1. The maximum Gasteiger partial charge on any atom is 0.411 e. The molecule has 20 heavy (non-hydrogen) atoms. The lowest BCUT2D eigenvalue weighted by Gasteiger charge is -2.35. The number of carboxylic acid groups (broad SMARTS) is 1. The van der Waals surface area contributed by atoms with Crippen molar-refractivity contribution in [1.82, 2.24) is 4.98 Å². The van der Waals surface area contributed by atoms with Crippen LogP contribution in [0.5, 0.6) is 0 Å². The van der Waals surface area contributed by atoms with Crippen molar-refractivity contribution >= 4 is 39.2 Å². The van der Waals surface area contributed by atoms with Crippen LogP contribution in [0.15, 0.2) is 47.1 Å². The molecule has 1 aliphatic heterocycles. The lowest BCUT2D eigenvalue weighted by molar-refractivity contribution is 0.201. The number of hydrogen-bond donors (Lipinski definition) is 1. The van der Waals surface area contributed by atoms with Gasteiger partial charge < -0.3 is 10.0 Å². The Labute approximate surface area is 124 Å². The number of para-hydroxylation sites is 2. The van der Waals surface area contributed by atoms with Crippen molar-refractivity contribution in [3.8, 4) is 0 Å². The van der Waals surface area contributed by atoms with E-state index in [0.717, 1.165) is 16.0 Å². The lowest BCUT2D eigenvalue weighted by atomic mass is 10.1. The topological polar surface area (TPSA) is 56.7 Å². The van der Waals surface area contributed by atoms with Crippen molar-refractivity contribution in [3.63, 3.8) is 0 Å². The van der Waals surface area contributed by atoms with Crippen LogP contribution in [-0.4, -0.2) is 29.3 Å². The van der Waals surface area contributed by atoms with Crippen molar-refractivity contribution in [2.24, 2.45) is 0 Å². The minimum atomic E-state index is -0.930. The van der Waals surface area contributed by atoms with Gasteiger partial charge in [0, 0.05) is 23.8 Å². The Hall–Kier alpha value is -2.08. The Kier molecular flexibility index (Phi) is 3.31. The number of benzene rings is 1. The van der Waals surface area contributed by atoms with E-state index in [1.165, 1.54) is 4.90 Å². The first-order chi connectivity index (χ1) is 9.66. The van der Waals surface area contributed by atoms with E-state index >= 15 is 0 Å². The zero-order valence-electron chi connectivity index (χ0n) is 10.5. The molecule has 1 aromatic heterocycles. The quantitative estimate of drug-likeness (QED) is 0.867. The molecule has 1 N–H and O–H groups in total. The summed E-state index contributed by atoms with van der Waals surface area (Å²) in [6, 6.07) is 11.3. The average molecular weight is 334 g/mol. The maximum atomic E-state index is 11.3. The number of hydrogen-bond acceptors (Lipinski definition) is 3. The van der Waals surface area contributed by atoms with E-state index < -0.39 is 6.09 Å². The van der Waals surface area contributed by atoms with Gasteiger partial charge in [-0.25, -0.2) is 9.78 Å². The highest BCUT2D eigenvalue weighted by atomic mass is 79.9. The van der Waals surface area contributed by atoms with E-state index in [1.54, 1.807) is 6.20 Å². The summed E-state index contributed by atoms with van der Waals surface area (Å²) in [6.45, 7) is 1.00. The van der Waals surface area contributed by atoms with Gasteiger partial charge in [0.15, 0.2) is 0 Å². The molecule has 3 rings (SSSR count). The summed E-state index contributed by atoms with van der Waals surface area (Å²) >= 11 is 3.36. The molecule has 0 aliphatic carbocycles. The third kappa shape index (κ3) is 2.22. The van der Waals surface area contributed by atoms with Crippen molar-refractivity contribution in [2.45, 2.75) is 0 Å². The molecule has 0 bridgehead atoms. The standard InChI is InChI=1S/C14H12BrN3O2/c15-10-5-6-13(16-9-10)17-7-8-18(14(19)20)12-4-2-1-3-11(12)17/h1-6,9H,7-8H2,(H,19,20). The molecule has 0 fully saturated rings. The summed E-state index contributed by atoms with van der Waals surface area (Å²) < 4.78 is 0.915. The fraction of sp³-hybridized carbons (Fsp3) is 0.143. The van der Waals surface area contributed by atoms with Crippen LogP contribution in [0.2, 0.25) is 0 Å². The number of anilines is 3. The molecule has 0 unspecified atom stereocenters. The summed E-state index contributed by atoms with van der Waals surface area (Å²) in [5.74, 6) is 0.811. The third-order valence-corrected chi connectivity index (χ3v) is 3.70. The van der Waals surface area contributed by atoms with Crippen LogP contribution >= 0.6 is 15.9 Å². The molecule has 0 atom stereocenters. The van der Waals surface area contributed by atoms with E-state index in [0.29, 0.717) is 18.8 Å². The van der Waals surface area contributed by atoms with E-state index in [-0.39, 0.29) is 0 Å². The second kappa shape index (κ2) is 5.13. The molecule has 0 radical (unpaired) electrons. The number of halogens is 1. The van der Waals surface area contributed by atoms with Gasteiger partial charge in [-0.2, -0.15) is 0 Å². The fourth-order valence-corrected chi connectivity index (χ4v) is 2.56. The number of amides is 1. The number of carbonyl (C=O) groups is 1. The molecule has 5 nitrogen and oxygen atoms in total. The van der Waals surface area contributed by atoms with Gasteiger partial charge in [-0.1, -0.05) is 12.1 Å². The Bertz CT molecular complexity index is 645. The van der Waals surface area contributed by atoms with Crippen LogP contribution in [0.3, 0.4) is 0 Å². The highest BCUT2D eigenvalue weighted by molar-refractivity contribution is 9.10. The minimum Gasteiger partial charge on any atom is -0.465 e. The van der Waals surface area contributed by atoms with Crippen LogP contribution in [0, 0.1) is 0 Å². The monoisotopic (exact) mass is 333 g/mol. The number of nitrogens with zero attached hydrogens (tertiary/aromatic N) is 3. The van der Waals surface area contributed by atoms with Crippen LogP contribution in [0.4, 0.5) is 22.0 Å². The number of fused-ring (bicyclic) bond motifs is 1. The minimum absolute atomic E-state index is 0.421. The molecule has 1 amide bonds.